The van der Waals surface area contributed by atoms with Crippen LogP contribution in [0.3, 0.4) is 0 Å². The lowest BCUT2D eigenvalue weighted by atomic mass is 10.3. The molecule has 0 aliphatic rings. The van der Waals surface area contributed by atoms with Gasteiger partial charge in [0.15, 0.2) is 0 Å². The van der Waals surface area contributed by atoms with E-state index in [9.17, 15) is 4.79 Å². The summed E-state index contributed by atoms with van der Waals surface area (Å²) in [6.45, 7) is 1.91. The third-order valence-corrected chi connectivity index (χ3v) is 1.22. The quantitative estimate of drug-likeness (QED) is 0.279. The second-order valence-corrected chi connectivity index (χ2v) is 2.02. The number of aliphatic imine (C=N–C) groups is 1. The minimum atomic E-state index is -0.376. The standard InChI is InChI=1S/C7H13N3O2/c1-3-6(10-8)4-9-5-7(11)12-2/h4H,3,5,8H2,1-2H3. The number of methoxy groups -OCH3 is 1. The molecule has 0 heterocycles. The Morgan fingerprint density at radius 1 is 1.67 bits per heavy atom. The number of esters is 1. The van der Waals surface area contributed by atoms with Crippen LogP contribution in [0, 0.1) is 0 Å². The van der Waals surface area contributed by atoms with Crippen molar-refractivity contribution in [2.75, 3.05) is 13.7 Å². The molecule has 0 bridgehead atoms. The summed E-state index contributed by atoms with van der Waals surface area (Å²) in [6.07, 6.45) is 2.16. The second kappa shape index (κ2) is 6.33. The molecule has 0 saturated heterocycles. The molecule has 0 atom stereocenters. The predicted molar refractivity (Wildman–Crippen MR) is 47.3 cm³/mol. The fourth-order valence-corrected chi connectivity index (χ4v) is 0.506. The minimum absolute atomic E-state index is 0.00944. The Kier molecular flexibility index (Phi) is 5.60. The molecule has 68 valence electrons. The first-order valence-electron chi connectivity index (χ1n) is 3.58. The molecule has 0 aromatic rings. The molecule has 0 aromatic carbocycles. The Hall–Kier alpha value is -1.39. The van der Waals surface area contributed by atoms with Crippen molar-refractivity contribution in [3.8, 4) is 0 Å². The van der Waals surface area contributed by atoms with Gasteiger partial charge >= 0.3 is 5.97 Å². The van der Waals surface area contributed by atoms with Gasteiger partial charge in [0.05, 0.1) is 12.8 Å². The summed E-state index contributed by atoms with van der Waals surface area (Å²) < 4.78 is 4.38. The van der Waals surface area contributed by atoms with Gasteiger partial charge < -0.3 is 10.6 Å². The topological polar surface area (TPSA) is 77.0 Å². The zero-order valence-electron chi connectivity index (χ0n) is 7.28. The average Bonchev–Trinajstić information content (AvgIpc) is 2.12. The molecule has 0 rings (SSSR count). The summed E-state index contributed by atoms with van der Waals surface area (Å²) in [7, 11) is 1.32. The highest BCUT2D eigenvalue weighted by Gasteiger charge is 1.95. The molecule has 5 heteroatoms. The van der Waals surface area contributed by atoms with Gasteiger partial charge in [-0.15, -0.1) is 0 Å². The first-order chi connectivity index (χ1) is 5.74. The maximum absolute atomic E-state index is 10.6. The van der Waals surface area contributed by atoms with Crippen LogP contribution in [-0.2, 0) is 9.53 Å². The normalized spacial score (nSPS) is 12.0. The van der Waals surface area contributed by atoms with Crippen LogP contribution in [0.15, 0.2) is 10.1 Å². The smallest absolute Gasteiger partial charge is 0.327 e. The van der Waals surface area contributed by atoms with Gasteiger partial charge in [0, 0.05) is 6.21 Å². The molecule has 0 spiro atoms. The zero-order valence-corrected chi connectivity index (χ0v) is 7.28. The van der Waals surface area contributed by atoms with E-state index >= 15 is 0 Å². The molecule has 12 heavy (non-hydrogen) atoms. The zero-order chi connectivity index (χ0) is 9.40. The van der Waals surface area contributed by atoms with E-state index in [4.69, 9.17) is 5.84 Å². The Labute approximate surface area is 71.3 Å². The van der Waals surface area contributed by atoms with Crippen LogP contribution in [0.4, 0.5) is 0 Å². The highest BCUT2D eigenvalue weighted by molar-refractivity contribution is 6.30. The van der Waals surface area contributed by atoms with Gasteiger partial charge in [-0.05, 0) is 6.42 Å². The number of carbonyl (C=O) groups is 1. The van der Waals surface area contributed by atoms with Gasteiger partial charge in [-0.25, -0.2) is 0 Å². The number of rotatable bonds is 4. The molecule has 0 aliphatic carbocycles. The van der Waals surface area contributed by atoms with Gasteiger partial charge in [-0.1, -0.05) is 6.92 Å². The summed E-state index contributed by atoms with van der Waals surface area (Å²) in [5.74, 6) is 4.64. The Morgan fingerprint density at radius 2 is 2.33 bits per heavy atom. The number of carbonyl (C=O) groups excluding carboxylic acids is 1. The van der Waals surface area contributed by atoms with Crippen LogP contribution in [0.5, 0.6) is 0 Å². The molecule has 0 fully saturated rings. The molecule has 5 nitrogen and oxygen atoms in total. The lowest BCUT2D eigenvalue weighted by molar-refractivity contribution is -0.138. The number of hydrogen-bond acceptors (Lipinski definition) is 5. The largest absolute Gasteiger partial charge is 0.468 e. The number of nitrogens with two attached hydrogens (primary N) is 1. The Morgan fingerprint density at radius 3 is 2.75 bits per heavy atom. The van der Waals surface area contributed by atoms with Crippen molar-refractivity contribution in [3.63, 3.8) is 0 Å². The lowest BCUT2D eigenvalue weighted by Crippen LogP contribution is -2.07. The predicted octanol–water partition coefficient (Wildman–Crippen LogP) is -0.0451. The fourth-order valence-electron chi connectivity index (χ4n) is 0.506. The van der Waals surface area contributed by atoms with Crippen molar-refractivity contribution in [2.24, 2.45) is 15.9 Å². The summed E-state index contributed by atoms with van der Waals surface area (Å²) >= 11 is 0. The lowest BCUT2D eigenvalue weighted by Gasteiger charge is -1.93. The van der Waals surface area contributed by atoms with Crippen molar-refractivity contribution in [1.29, 1.82) is 0 Å². The molecule has 0 unspecified atom stereocenters. The van der Waals surface area contributed by atoms with Crippen molar-refractivity contribution >= 4 is 17.9 Å². The number of hydrazone groups is 1. The fraction of sp³-hybridized carbons (Fsp3) is 0.571. The SMILES string of the molecule is CCC(C=NCC(=O)OC)=NN. The first-order valence-corrected chi connectivity index (χ1v) is 3.58. The van der Waals surface area contributed by atoms with E-state index in [1.54, 1.807) is 0 Å². The summed E-state index contributed by atoms with van der Waals surface area (Å²) in [6, 6.07) is 0. The second-order valence-electron chi connectivity index (χ2n) is 2.02. The van der Waals surface area contributed by atoms with E-state index in [-0.39, 0.29) is 12.5 Å². The molecule has 0 radical (unpaired) electrons. The van der Waals surface area contributed by atoms with Crippen LogP contribution < -0.4 is 5.84 Å². The van der Waals surface area contributed by atoms with Crippen LogP contribution in [0.25, 0.3) is 0 Å². The monoisotopic (exact) mass is 171 g/mol. The number of nitrogens with zero attached hydrogens (tertiary/aromatic N) is 2. The highest BCUT2D eigenvalue weighted by Crippen LogP contribution is 1.81. The third kappa shape index (κ3) is 4.43. The highest BCUT2D eigenvalue weighted by atomic mass is 16.5. The van der Waals surface area contributed by atoms with E-state index in [0.717, 1.165) is 0 Å². The maximum Gasteiger partial charge on any atom is 0.327 e. The van der Waals surface area contributed by atoms with Crippen LogP contribution in [0.2, 0.25) is 0 Å². The number of ether oxygens (including phenoxy) is 1. The van der Waals surface area contributed by atoms with Gasteiger partial charge in [0.25, 0.3) is 0 Å². The van der Waals surface area contributed by atoms with Crippen LogP contribution in [-0.4, -0.2) is 31.6 Å². The van der Waals surface area contributed by atoms with Gasteiger partial charge in [0.1, 0.15) is 6.54 Å². The molecular weight excluding hydrogens is 158 g/mol. The van der Waals surface area contributed by atoms with Gasteiger partial charge in [0.2, 0.25) is 0 Å². The third-order valence-electron chi connectivity index (χ3n) is 1.22. The molecular formula is C7H13N3O2. The average molecular weight is 171 g/mol. The van der Waals surface area contributed by atoms with E-state index in [2.05, 4.69) is 14.8 Å². The van der Waals surface area contributed by atoms with Crippen molar-refractivity contribution in [3.05, 3.63) is 0 Å². The Bertz CT molecular complexity index is 199. The maximum atomic E-state index is 10.6. The molecule has 0 aliphatic heterocycles. The van der Waals surface area contributed by atoms with Gasteiger partial charge in [-0.3, -0.25) is 9.79 Å². The van der Waals surface area contributed by atoms with E-state index in [0.29, 0.717) is 12.1 Å². The van der Waals surface area contributed by atoms with E-state index in [1.807, 2.05) is 6.92 Å². The Balaban J connectivity index is 3.82. The molecule has 2 N–H and O–H groups in total. The summed E-state index contributed by atoms with van der Waals surface area (Å²) in [5.41, 5.74) is 0.652. The van der Waals surface area contributed by atoms with E-state index < -0.39 is 0 Å². The van der Waals surface area contributed by atoms with E-state index in [1.165, 1.54) is 13.3 Å². The molecule has 0 aromatic heterocycles. The van der Waals surface area contributed by atoms with Gasteiger partial charge in [-0.2, -0.15) is 5.10 Å². The van der Waals surface area contributed by atoms with Crippen LogP contribution in [0.1, 0.15) is 13.3 Å². The first kappa shape index (κ1) is 10.6. The van der Waals surface area contributed by atoms with Crippen molar-refractivity contribution < 1.29 is 9.53 Å². The van der Waals surface area contributed by atoms with Crippen LogP contribution >= 0.6 is 0 Å². The van der Waals surface area contributed by atoms with Crippen molar-refractivity contribution in [2.45, 2.75) is 13.3 Å². The molecule has 0 amide bonds. The summed E-state index contributed by atoms with van der Waals surface area (Å²) in [4.78, 5) is 14.3. The van der Waals surface area contributed by atoms with Crippen molar-refractivity contribution in [1.82, 2.24) is 0 Å². The minimum Gasteiger partial charge on any atom is -0.468 e. The summed E-state index contributed by atoms with van der Waals surface area (Å²) in [5, 5.41) is 3.44. The number of hydrogen-bond donors (Lipinski definition) is 1. The molecule has 0 saturated carbocycles.